The molecule has 0 radical (unpaired) electrons. The molecule has 0 amide bonds. The number of ether oxygens (including phenoxy) is 1. The summed E-state index contributed by atoms with van der Waals surface area (Å²) in [5, 5.41) is 2.81. The van der Waals surface area contributed by atoms with Crippen LogP contribution in [0.2, 0.25) is 0 Å². The minimum atomic E-state index is -0.224. The summed E-state index contributed by atoms with van der Waals surface area (Å²) in [5.41, 5.74) is 0. The van der Waals surface area contributed by atoms with Crippen LogP contribution in [-0.2, 0) is 9.53 Å². The van der Waals surface area contributed by atoms with E-state index in [0.717, 1.165) is 12.8 Å². The lowest BCUT2D eigenvalue weighted by atomic mass is 10.1. The van der Waals surface area contributed by atoms with Crippen molar-refractivity contribution < 1.29 is 9.53 Å². The van der Waals surface area contributed by atoms with Crippen molar-refractivity contribution in [2.45, 2.75) is 52.1 Å². The molecule has 3 nitrogen and oxygen atoms in total. The zero-order chi connectivity index (χ0) is 12.2. The van der Waals surface area contributed by atoms with Crippen molar-refractivity contribution >= 4 is 5.97 Å². The summed E-state index contributed by atoms with van der Waals surface area (Å²) in [4.78, 5) is 11.3. The molecule has 0 heterocycles. The van der Waals surface area contributed by atoms with Gasteiger partial charge < -0.3 is 4.74 Å². The predicted octanol–water partition coefficient (Wildman–Crippen LogP) is 2.11. The van der Waals surface area contributed by atoms with Gasteiger partial charge in [0.2, 0.25) is 0 Å². The van der Waals surface area contributed by atoms with Gasteiger partial charge in [-0.05, 0) is 19.8 Å². The summed E-state index contributed by atoms with van der Waals surface area (Å²) >= 11 is 0. The third kappa shape index (κ3) is 9.54. The van der Waals surface area contributed by atoms with Gasteiger partial charge in [0.05, 0.1) is 19.2 Å². The lowest BCUT2D eigenvalue weighted by Gasteiger charge is -2.12. The fraction of sp³-hybridized carbons (Fsp3) is 0.769. The average molecular weight is 225 g/mol. The van der Waals surface area contributed by atoms with E-state index in [0.29, 0.717) is 6.54 Å². The van der Waals surface area contributed by atoms with E-state index in [-0.39, 0.29) is 18.6 Å². The molecule has 0 saturated carbocycles. The van der Waals surface area contributed by atoms with Gasteiger partial charge in [-0.2, -0.15) is 0 Å². The molecule has 0 aliphatic heterocycles. The molecule has 0 spiro atoms. The number of esters is 1. The first-order chi connectivity index (χ1) is 7.70. The molecule has 16 heavy (non-hydrogen) atoms. The van der Waals surface area contributed by atoms with Crippen molar-refractivity contribution in [3.8, 4) is 12.3 Å². The number of rotatable bonds is 9. The summed E-state index contributed by atoms with van der Waals surface area (Å²) < 4.78 is 5.21. The molecule has 3 heteroatoms. The van der Waals surface area contributed by atoms with Crippen LogP contribution in [0.1, 0.15) is 46.0 Å². The molecule has 92 valence electrons. The van der Waals surface area contributed by atoms with Gasteiger partial charge in [-0.1, -0.05) is 32.1 Å². The lowest BCUT2D eigenvalue weighted by molar-refractivity contribution is -0.147. The first kappa shape index (κ1) is 15.0. The first-order valence-corrected chi connectivity index (χ1v) is 6.04. The van der Waals surface area contributed by atoms with Crippen LogP contribution in [0.5, 0.6) is 0 Å². The maximum Gasteiger partial charge on any atom is 0.320 e. The van der Waals surface area contributed by atoms with Crippen molar-refractivity contribution in [3.63, 3.8) is 0 Å². The highest BCUT2D eigenvalue weighted by atomic mass is 16.5. The zero-order valence-corrected chi connectivity index (χ0v) is 10.4. The summed E-state index contributed by atoms with van der Waals surface area (Å²) in [7, 11) is 0. The second-order valence-electron chi connectivity index (χ2n) is 3.96. The molecular weight excluding hydrogens is 202 g/mol. The second-order valence-corrected chi connectivity index (χ2v) is 3.96. The maximum absolute atomic E-state index is 11.3. The topological polar surface area (TPSA) is 38.3 Å². The Morgan fingerprint density at radius 3 is 2.81 bits per heavy atom. The fourth-order valence-electron chi connectivity index (χ4n) is 1.42. The highest BCUT2D eigenvalue weighted by Crippen LogP contribution is 2.07. The number of carbonyl (C=O) groups is 1. The van der Waals surface area contributed by atoms with E-state index >= 15 is 0 Å². The Morgan fingerprint density at radius 2 is 2.19 bits per heavy atom. The average Bonchev–Trinajstić information content (AvgIpc) is 2.25. The van der Waals surface area contributed by atoms with Crippen LogP contribution in [-0.4, -0.2) is 25.2 Å². The Balaban J connectivity index is 3.43. The molecular formula is C13H23NO2. The van der Waals surface area contributed by atoms with E-state index < -0.39 is 0 Å². The van der Waals surface area contributed by atoms with Gasteiger partial charge in [-0.3, -0.25) is 10.1 Å². The summed E-state index contributed by atoms with van der Waals surface area (Å²) in [5.74, 6) is 2.18. The Labute approximate surface area is 98.9 Å². The van der Waals surface area contributed by atoms with Crippen molar-refractivity contribution in [2.75, 3.05) is 13.1 Å². The molecule has 0 aromatic heterocycles. The monoisotopic (exact) mass is 225 g/mol. The molecule has 1 N–H and O–H groups in total. The van der Waals surface area contributed by atoms with E-state index in [9.17, 15) is 4.79 Å². The molecule has 0 bridgehead atoms. The van der Waals surface area contributed by atoms with E-state index in [2.05, 4.69) is 18.2 Å². The second kappa shape index (κ2) is 10.5. The van der Waals surface area contributed by atoms with Crippen molar-refractivity contribution in [1.29, 1.82) is 0 Å². The molecule has 0 rings (SSSR count). The number of nitrogens with one attached hydrogen (secondary N) is 1. The van der Waals surface area contributed by atoms with Gasteiger partial charge in [0.15, 0.2) is 0 Å². The van der Waals surface area contributed by atoms with Crippen molar-refractivity contribution in [1.82, 2.24) is 5.32 Å². The Hall–Kier alpha value is -1.01. The van der Waals surface area contributed by atoms with Gasteiger partial charge in [0, 0.05) is 0 Å². The summed E-state index contributed by atoms with van der Waals surface area (Å²) in [6.07, 6.45) is 10.8. The molecule has 1 atom stereocenters. The predicted molar refractivity (Wildman–Crippen MR) is 66.0 cm³/mol. The van der Waals surface area contributed by atoms with E-state index in [1.54, 1.807) is 0 Å². The molecule has 0 aromatic carbocycles. The van der Waals surface area contributed by atoms with Gasteiger partial charge in [0.25, 0.3) is 0 Å². The quantitative estimate of drug-likeness (QED) is 0.371. The summed E-state index contributed by atoms with van der Waals surface area (Å²) in [6.45, 7) is 4.72. The Kier molecular flexibility index (Phi) is 9.84. The largest absolute Gasteiger partial charge is 0.462 e. The lowest BCUT2D eigenvalue weighted by Crippen LogP contribution is -2.27. The van der Waals surface area contributed by atoms with Crippen LogP contribution >= 0.6 is 0 Å². The third-order valence-electron chi connectivity index (χ3n) is 2.29. The molecule has 1 unspecified atom stereocenters. The summed E-state index contributed by atoms with van der Waals surface area (Å²) in [6, 6.07) is 0. The standard InChI is InChI=1S/C13H23NO2/c1-4-6-7-8-9-12(3)16-13(15)11-14-10-5-2/h2,12,14H,4,6-11H2,1,3H3. The molecule has 0 aliphatic rings. The Morgan fingerprint density at radius 1 is 1.44 bits per heavy atom. The SMILES string of the molecule is C#CCNCC(=O)OC(C)CCCCCC. The van der Waals surface area contributed by atoms with Gasteiger partial charge in [-0.15, -0.1) is 6.42 Å². The van der Waals surface area contributed by atoms with Crippen LogP contribution in [0, 0.1) is 12.3 Å². The van der Waals surface area contributed by atoms with Crippen LogP contribution < -0.4 is 5.32 Å². The molecule has 0 fully saturated rings. The number of unbranched alkanes of at least 4 members (excludes halogenated alkanes) is 3. The number of hydrogen-bond donors (Lipinski definition) is 1. The normalized spacial score (nSPS) is 11.8. The number of carbonyl (C=O) groups excluding carboxylic acids is 1. The fourth-order valence-corrected chi connectivity index (χ4v) is 1.42. The van der Waals surface area contributed by atoms with Crippen LogP contribution in [0.3, 0.4) is 0 Å². The van der Waals surface area contributed by atoms with E-state index in [1.165, 1.54) is 19.3 Å². The third-order valence-corrected chi connectivity index (χ3v) is 2.29. The van der Waals surface area contributed by atoms with Crippen LogP contribution in [0.15, 0.2) is 0 Å². The van der Waals surface area contributed by atoms with Crippen LogP contribution in [0.4, 0.5) is 0 Å². The highest BCUT2D eigenvalue weighted by Gasteiger charge is 2.08. The number of hydrogen-bond acceptors (Lipinski definition) is 3. The minimum Gasteiger partial charge on any atom is -0.462 e. The van der Waals surface area contributed by atoms with Gasteiger partial charge >= 0.3 is 5.97 Å². The van der Waals surface area contributed by atoms with Gasteiger partial charge in [0.1, 0.15) is 0 Å². The zero-order valence-electron chi connectivity index (χ0n) is 10.4. The number of terminal acetylenes is 1. The maximum atomic E-state index is 11.3. The van der Waals surface area contributed by atoms with E-state index in [1.807, 2.05) is 6.92 Å². The van der Waals surface area contributed by atoms with Crippen molar-refractivity contribution in [2.24, 2.45) is 0 Å². The highest BCUT2D eigenvalue weighted by molar-refractivity contribution is 5.71. The smallest absolute Gasteiger partial charge is 0.320 e. The molecule has 0 saturated heterocycles. The van der Waals surface area contributed by atoms with Crippen molar-refractivity contribution in [3.05, 3.63) is 0 Å². The minimum absolute atomic E-state index is 0.0111. The van der Waals surface area contributed by atoms with Crippen LogP contribution in [0.25, 0.3) is 0 Å². The van der Waals surface area contributed by atoms with Gasteiger partial charge in [-0.25, -0.2) is 0 Å². The molecule has 0 aliphatic carbocycles. The molecule has 0 aromatic rings. The Bertz CT molecular complexity index is 220. The van der Waals surface area contributed by atoms with E-state index in [4.69, 9.17) is 11.2 Å². The first-order valence-electron chi connectivity index (χ1n) is 6.04.